The van der Waals surface area contributed by atoms with Gasteiger partial charge in [-0.25, -0.2) is 0 Å². The van der Waals surface area contributed by atoms with Gasteiger partial charge in [0.05, 0.1) is 13.7 Å². The first-order valence-electron chi connectivity index (χ1n) is 4.57. The van der Waals surface area contributed by atoms with E-state index in [1.165, 1.54) is 0 Å². The SMILES string of the molecule is CCOS(=O)(=O)Cc1ccc(OC)cc1. The van der Waals surface area contributed by atoms with Gasteiger partial charge in [-0.2, -0.15) is 8.42 Å². The molecule has 0 atom stereocenters. The number of ether oxygens (including phenoxy) is 1. The lowest BCUT2D eigenvalue weighted by Crippen LogP contribution is -2.08. The molecule has 0 aliphatic heterocycles. The standard InChI is InChI=1S/C10H14O4S/c1-3-14-15(11,12)8-9-4-6-10(13-2)7-5-9/h4-7H,3,8H2,1-2H3. The number of rotatable bonds is 5. The molecule has 0 unspecified atom stereocenters. The summed E-state index contributed by atoms with van der Waals surface area (Å²) in [6.07, 6.45) is 0. The number of methoxy groups -OCH3 is 1. The lowest BCUT2D eigenvalue weighted by molar-refractivity contribution is 0.337. The molecule has 0 saturated heterocycles. The van der Waals surface area contributed by atoms with E-state index in [1.807, 2.05) is 0 Å². The Morgan fingerprint density at radius 3 is 2.27 bits per heavy atom. The second kappa shape index (κ2) is 5.14. The first-order chi connectivity index (χ1) is 7.07. The molecule has 5 heteroatoms. The van der Waals surface area contributed by atoms with Gasteiger partial charge < -0.3 is 4.74 Å². The van der Waals surface area contributed by atoms with E-state index in [0.29, 0.717) is 11.3 Å². The van der Waals surface area contributed by atoms with Crippen molar-refractivity contribution in [1.82, 2.24) is 0 Å². The van der Waals surface area contributed by atoms with E-state index in [0.717, 1.165) is 0 Å². The maximum atomic E-state index is 11.3. The van der Waals surface area contributed by atoms with Crippen molar-refractivity contribution in [3.8, 4) is 5.75 Å². The summed E-state index contributed by atoms with van der Waals surface area (Å²) < 4.78 is 32.2. The Labute approximate surface area is 90.0 Å². The fourth-order valence-electron chi connectivity index (χ4n) is 1.15. The quantitative estimate of drug-likeness (QED) is 0.720. The maximum Gasteiger partial charge on any atom is 0.271 e. The molecule has 0 bridgehead atoms. The first-order valence-corrected chi connectivity index (χ1v) is 6.15. The highest BCUT2D eigenvalue weighted by Crippen LogP contribution is 2.14. The molecule has 0 aliphatic rings. The molecule has 1 rings (SSSR count). The molecule has 0 fully saturated rings. The lowest BCUT2D eigenvalue weighted by Gasteiger charge is -2.04. The molecule has 0 saturated carbocycles. The van der Waals surface area contributed by atoms with Crippen LogP contribution >= 0.6 is 0 Å². The summed E-state index contributed by atoms with van der Waals surface area (Å²) in [5, 5.41) is 0. The maximum absolute atomic E-state index is 11.3. The molecule has 84 valence electrons. The Kier molecular flexibility index (Phi) is 4.11. The predicted octanol–water partition coefficient (Wildman–Crippen LogP) is 1.56. The molecule has 0 aliphatic carbocycles. The summed E-state index contributed by atoms with van der Waals surface area (Å²) in [6, 6.07) is 6.85. The van der Waals surface area contributed by atoms with Crippen molar-refractivity contribution < 1.29 is 17.3 Å². The third-order valence-corrected chi connectivity index (χ3v) is 3.08. The summed E-state index contributed by atoms with van der Waals surface area (Å²) in [5.74, 6) is 0.595. The summed E-state index contributed by atoms with van der Waals surface area (Å²) in [4.78, 5) is 0. The fourth-order valence-corrected chi connectivity index (χ4v) is 2.19. The smallest absolute Gasteiger partial charge is 0.271 e. The average molecular weight is 230 g/mol. The van der Waals surface area contributed by atoms with E-state index < -0.39 is 10.1 Å². The van der Waals surface area contributed by atoms with Gasteiger partial charge >= 0.3 is 0 Å². The molecular formula is C10H14O4S. The molecule has 0 heterocycles. The van der Waals surface area contributed by atoms with Gasteiger partial charge in [0, 0.05) is 0 Å². The Hall–Kier alpha value is -1.07. The summed E-state index contributed by atoms with van der Waals surface area (Å²) in [7, 11) is -1.88. The number of hydrogen-bond acceptors (Lipinski definition) is 4. The number of hydrogen-bond donors (Lipinski definition) is 0. The van der Waals surface area contributed by atoms with Gasteiger partial charge in [0.2, 0.25) is 0 Å². The van der Waals surface area contributed by atoms with Crippen LogP contribution in [0, 0.1) is 0 Å². The molecule has 0 N–H and O–H groups in total. The van der Waals surface area contributed by atoms with Crippen LogP contribution in [-0.2, 0) is 20.1 Å². The molecule has 4 nitrogen and oxygen atoms in total. The van der Waals surface area contributed by atoms with Crippen LogP contribution in [0.5, 0.6) is 5.75 Å². The first kappa shape index (κ1) is 12.0. The van der Waals surface area contributed by atoms with Gasteiger partial charge in [-0.3, -0.25) is 4.18 Å². The van der Waals surface area contributed by atoms with Crippen LogP contribution in [0.15, 0.2) is 24.3 Å². The summed E-state index contributed by atoms with van der Waals surface area (Å²) >= 11 is 0. The van der Waals surface area contributed by atoms with Crippen LogP contribution in [0.3, 0.4) is 0 Å². The second-order valence-corrected chi connectivity index (χ2v) is 4.60. The average Bonchev–Trinajstić information content (AvgIpc) is 2.18. The monoisotopic (exact) mass is 230 g/mol. The molecular weight excluding hydrogens is 216 g/mol. The van der Waals surface area contributed by atoms with Crippen molar-refractivity contribution in [2.45, 2.75) is 12.7 Å². The Morgan fingerprint density at radius 1 is 1.20 bits per heavy atom. The Bertz CT molecular complexity index is 394. The van der Waals surface area contributed by atoms with E-state index >= 15 is 0 Å². The van der Waals surface area contributed by atoms with Gasteiger partial charge in [0.25, 0.3) is 10.1 Å². The zero-order valence-electron chi connectivity index (χ0n) is 8.76. The van der Waals surface area contributed by atoms with Gasteiger partial charge in [-0.05, 0) is 24.6 Å². The molecule has 1 aromatic carbocycles. The van der Waals surface area contributed by atoms with Gasteiger partial charge in [-0.15, -0.1) is 0 Å². The van der Waals surface area contributed by atoms with Gasteiger partial charge in [0.1, 0.15) is 11.5 Å². The highest BCUT2D eigenvalue weighted by atomic mass is 32.2. The largest absolute Gasteiger partial charge is 0.497 e. The van der Waals surface area contributed by atoms with Crippen molar-refractivity contribution in [3.63, 3.8) is 0 Å². The fraction of sp³-hybridized carbons (Fsp3) is 0.400. The van der Waals surface area contributed by atoms with Crippen LogP contribution in [0.2, 0.25) is 0 Å². The van der Waals surface area contributed by atoms with Crippen molar-refractivity contribution in [2.75, 3.05) is 13.7 Å². The van der Waals surface area contributed by atoms with E-state index in [-0.39, 0.29) is 12.4 Å². The minimum absolute atomic E-state index is 0.106. The zero-order valence-corrected chi connectivity index (χ0v) is 9.58. The Balaban J connectivity index is 2.73. The normalized spacial score (nSPS) is 11.3. The third kappa shape index (κ3) is 3.89. The molecule has 0 radical (unpaired) electrons. The van der Waals surface area contributed by atoms with Crippen molar-refractivity contribution in [2.24, 2.45) is 0 Å². The molecule has 0 amide bonds. The highest BCUT2D eigenvalue weighted by Gasteiger charge is 2.11. The van der Waals surface area contributed by atoms with E-state index in [1.54, 1.807) is 38.3 Å². The number of benzene rings is 1. The van der Waals surface area contributed by atoms with Crippen LogP contribution < -0.4 is 4.74 Å². The summed E-state index contributed by atoms with van der Waals surface area (Å²) in [5.41, 5.74) is 0.684. The molecule has 15 heavy (non-hydrogen) atoms. The molecule has 0 aromatic heterocycles. The summed E-state index contributed by atoms with van der Waals surface area (Å²) in [6.45, 7) is 1.81. The van der Waals surface area contributed by atoms with Crippen molar-refractivity contribution in [1.29, 1.82) is 0 Å². The van der Waals surface area contributed by atoms with Crippen molar-refractivity contribution in [3.05, 3.63) is 29.8 Å². The van der Waals surface area contributed by atoms with Crippen molar-refractivity contribution >= 4 is 10.1 Å². The topological polar surface area (TPSA) is 52.6 Å². The van der Waals surface area contributed by atoms with Crippen LogP contribution in [0.4, 0.5) is 0 Å². The minimum Gasteiger partial charge on any atom is -0.497 e. The van der Waals surface area contributed by atoms with Crippen LogP contribution in [0.25, 0.3) is 0 Å². The second-order valence-electron chi connectivity index (χ2n) is 2.96. The van der Waals surface area contributed by atoms with Crippen LogP contribution in [0.1, 0.15) is 12.5 Å². The van der Waals surface area contributed by atoms with E-state index in [9.17, 15) is 8.42 Å². The van der Waals surface area contributed by atoms with E-state index in [4.69, 9.17) is 4.74 Å². The third-order valence-electron chi connectivity index (χ3n) is 1.80. The van der Waals surface area contributed by atoms with Crippen LogP contribution in [-0.4, -0.2) is 22.1 Å². The highest BCUT2D eigenvalue weighted by molar-refractivity contribution is 7.85. The van der Waals surface area contributed by atoms with Gasteiger partial charge in [-0.1, -0.05) is 12.1 Å². The Morgan fingerprint density at radius 2 is 1.80 bits per heavy atom. The molecule has 0 spiro atoms. The zero-order chi connectivity index (χ0) is 11.3. The predicted molar refractivity (Wildman–Crippen MR) is 57.2 cm³/mol. The lowest BCUT2D eigenvalue weighted by atomic mass is 10.2. The molecule has 1 aromatic rings. The minimum atomic E-state index is -3.45. The van der Waals surface area contributed by atoms with E-state index in [2.05, 4.69) is 4.18 Å². The van der Waals surface area contributed by atoms with Gasteiger partial charge in [0.15, 0.2) is 0 Å².